The van der Waals surface area contributed by atoms with Gasteiger partial charge in [0, 0.05) is 11.6 Å². The van der Waals surface area contributed by atoms with Crippen LogP contribution in [-0.2, 0) is 0 Å². The van der Waals surface area contributed by atoms with Gasteiger partial charge in [-0.05, 0) is 43.5 Å². The van der Waals surface area contributed by atoms with E-state index in [0.717, 1.165) is 28.2 Å². The Morgan fingerprint density at radius 2 is 1.68 bits per heavy atom. The Kier molecular flexibility index (Phi) is 7.26. The molecule has 4 aromatic rings. The van der Waals surface area contributed by atoms with E-state index in [1.165, 1.54) is 41.9 Å². The summed E-state index contributed by atoms with van der Waals surface area (Å²) in [6.07, 6.45) is 5.57. The van der Waals surface area contributed by atoms with Gasteiger partial charge in [0.25, 0.3) is 0 Å². The molecule has 164 valence electrons. The molecule has 0 spiro atoms. The maximum absolute atomic E-state index is 6.14. The third-order valence-electron chi connectivity index (χ3n) is 5.75. The van der Waals surface area contributed by atoms with Gasteiger partial charge < -0.3 is 5.73 Å². The lowest BCUT2D eigenvalue weighted by molar-refractivity contribution is 0.509. The van der Waals surface area contributed by atoms with Gasteiger partial charge in [0.2, 0.25) is 0 Å². The Labute approximate surface area is 185 Å². The molecule has 5 heteroatoms. The van der Waals surface area contributed by atoms with E-state index in [9.17, 15) is 0 Å². The van der Waals surface area contributed by atoms with Crippen LogP contribution in [0.5, 0.6) is 0 Å². The number of nitrogen functional groups attached to an aromatic ring is 1. The third-order valence-corrected chi connectivity index (χ3v) is 5.75. The van der Waals surface area contributed by atoms with Gasteiger partial charge in [-0.15, -0.1) is 0 Å². The van der Waals surface area contributed by atoms with Crippen molar-refractivity contribution < 1.29 is 0 Å². The average molecular weight is 418 g/mol. The van der Waals surface area contributed by atoms with Crippen LogP contribution < -0.4 is 5.73 Å². The van der Waals surface area contributed by atoms with Gasteiger partial charge >= 0.3 is 0 Å². The number of hydrogen-bond acceptors (Lipinski definition) is 4. The second kappa shape index (κ2) is 9.90. The smallest absolute Gasteiger partial charge is 0.164 e. The highest BCUT2D eigenvalue weighted by atomic mass is 15.3. The van der Waals surface area contributed by atoms with Gasteiger partial charge in [-0.1, -0.05) is 75.9 Å². The predicted molar refractivity (Wildman–Crippen MR) is 132 cm³/mol. The van der Waals surface area contributed by atoms with E-state index in [2.05, 4.69) is 87.9 Å². The molecule has 0 bridgehead atoms. The molecular weight excluding hydrogens is 382 g/mol. The fourth-order valence-corrected chi connectivity index (χ4v) is 3.77. The summed E-state index contributed by atoms with van der Waals surface area (Å²) in [5, 5.41) is 8.00. The summed E-state index contributed by atoms with van der Waals surface area (Å²) in [5.74, 6) is 1.41. The summed E-state index contributed by atoms with van der Waals surface area (Å²) < 4.78 is 1.90. The highest BCUT2D eigenvalue weighted by molar-refractivity contribution is 6.00. The number of fused-ring (bicyclic) bond motifs is 2. The first-order valence-electron chi connectivity index (χ1n) is 11.3. The SMILES string of the molecule is CCCC(C)CC.Cc1ccc2cc(-c3nn(C(C)C)c4ncnc(N)c34)ccc2c1. The van der Waals surface area contributed by atoms with Gasteiger partial charge in [0.1, 0.15) is 17.8 Å². The summed E-state index contributed by atoms with van der Waals surface area (Å²) in [6.45, 7) is 13.1. The summed E-state index contributed by atoms with van der Waals surface area (Å²) in [4.78, 5) is 8.55. The number of hydrogen-bond donors (Lipinski definition) is 1. The zero-order valence-corrected chi connectivity index (χ0v) is 19.7. The fraction of sp³-hybridized carbons (Fsp3) is 0.423. The molecule has 2 heterocycles. The van der Waals surface area contributed by atoms with E-state index >= 15 is 0 Å². The summed E-state index contributed by atoms with van der Waals surface area (Å²) in [5.41, 5.74) is 10.0. The van der Waals surface area contributed by atoms with Crippen LogP contribution in [0, 0.1) is 12.8 Å². The van der Waals surface area contributed by atoms with Gasteiger partial charge in [0.05, 0.1) is 5.39 Å². The van der Waals surface area contributed by atoms with Crippen molar-refractivity contribution in [1.82, 2.24) is 19.7 Å². The van der Waals surface area contributed by atoms with Crippen molar-refractivity contribution in [3.63, 3.8) is 0 Å². The number of nitrogens with zero attached hydrogens (tertiary/aromatic N) is 4. The second-order valence-electron chi connectivity index (χ2n) is 8.71. The topological polar surface area (TPSA) is 69.6 Å². The van der Waals surface area contributed by atoms with Gasteiger partial charge in [0.15, 0.2) is 5.65 Å². The molecule has 0 aliphatic heterocycles. The van der Waals surface area contributed by atoms with Crippen LogP contribution in [0.4, 0.5) is 5.82 Å². The van der Waals surface area contributed by atoms with Crippen molar-refractivity contribution in [2.24, 2.45) is 5.92 Å². The molecule has 0 saturated heterocycles. The van der Waals surface area contributed by atoms with E-state index in [1.54, 1.807) is 0 Å². The zero-order valence-electron chi connectivity index (χ0n) is 19.7. The van der Waals surface area contributed by atoms with Crippen molar-refractivity contribution in [2.45, 2.75) is 66.8 Å². The van der Waals surface area contributed by atoms with Crippen molar-refractivity contribution in [1.29, 1.82) is 0 Å². The van der Waals surface area contributed by atoms with E-state index in [0.29, 0.717) is 5.82 Å². The molecule has 0 saturated carbocycles. The molecule has 2 aromatic heterocycles. The standard InChI is InChI=1S/C19H19N5.C7H16/c1-11(2)24-19-16(18(20)21-10-22-19)17(23-24)15-7-6-13-8-12(3)4-5-14(13)9-15;1-4-6-7(3)5-2/h4-11H,1-3H3,(H2,20,21,22);7H,4-6H2,1-3H3. The Morgan fingerprint density at radius 1 is 0.968 bits per heavy atom. The summed E-state index contributed by atoms with van der Waals surface area (Å²) in [7, 11) is 0. The number of rotatable bonds is 5. The molecule has 0 fully saturated rings. The Morgan fingerprint density at radius 3 is 2.32 bits per heavy atom. The number of benzene rings is 2. The molecule has 31 heavy (non-hydrogen) atoms. The molecule has 2 aromatic carbocycles. The molecule has 0 aliphatic rings. The minimum atomic E-state index is 0.193. The lowest BCUT2D eigenvalue weighted by atomic mass is 10.0. The third kappa shape index (κ3) is 5.04. The first kappa shape index (κ1) is 22.7. The summed E-state index contributed by atoms with van der Waals surface area (Å²) in [6, 6.07) is 13.0. The minimum absolute atomic E-state index is 0.193. The maximum Gasteiger partial charge on any atom is 0.164 e. The molecule has 1 unspecified atom stereocenters. The lowest BCUT2D eigenvalue weighted by Crippen LogP contribution is -2.04. The van der Waals surface area contributed by atoms with Crippen LogP contribution in [0.15, 0.2) is 42.7 Å². The number of anilines is 1. The van der Waals surface area contributed by atoms with Crippen LogP contribution >= 0.6 is 0 Å². The van der Waals surface area contributed by atoms with Crippen LogP contribution in [0.1, 0.15) is 65.5 Å². The van der Waals surface area contributed by atoms with E-state index < -0.39 is 0 Å². The van der Waals surface area contributed by atoms with Crippen LogP contribution in [-0.4, -0.2) is 19.7 Å². The molecular formula is C26H35N5. The molecule has 5 nitrogen and oxygen atoms in total. The number of aromatic nitrogens is 4. The Bertz CT molecular complexity index is 1160. The maximum atomic E-state index is 6.14. The first-order chi connectivity index (χ1) is 14.8. The van der Waals surface area contributed by atoms with Crippen molar-refractivity contribution in [3.8, 4) is 11.3 Å². The van der Waals surface area contributed by atoms with Crippen molar-refractivity contribution in [3.05, 3.63) is 48.3 Å². The fourth-order valence-electron chi connectivity index (χ4n) is 3.77. The highest BCUT2D eigenvalue weighted by Crippen LogP contribution is 2.33. The lowest BCUT2D eigenvalue weighted by Gasteiger charge is -2.05. The second-order valence-corrected chi connectivity index (χ2v) is 8.71. The molecule has 0 amide bonds. The molecule has 0 aliphatic carbocycles. The molecule has 0 radical (unpaired) electrons. The molecule has 2 N–H and O–H groups in total. The van der Waals surface area contributed by atoms with Gasteiger partial charge in [-0.2, -0.15) is 5.10 Å². The zero-order chi connectivity index (χ0) is 22.5. The van der Waals surface area contributed by atoms with Gasteiger partial charge in [-0.25, -0.2) is 14.6 Å². The normalized spacial score (nSPS) is 12.2. The Hall–Kier alpha value is -2.95. The van der Waals surface area contributed by atoms with Crippen LogP contribution in [0.25, 0.3) is 33.1 Å². The van der Waals surface area contributed by atoms with E-state index in [1.807, 2.05) is 4.68 Å². The van der Waals surface area contributed by atoms with Crippen LogP contribution in [0.3, 0.4) is 0 Å². The summed E-state index contributed by atoms with van der Waals surface area (Å²) >= 11 is 0. The predicted octanol–water partition coefficient (Wildman–Crippen LogP) is 6.95. The Balaban J connectivity index is 0.000000339. The minimum Gasteiger partial charge on any atom is -0.383 e. The molecule has 4 rings (SSSR count). The number of aryl methyl sites for hydroxylation is 1. The first-order valence-corrected chi connectivity index (χ1v) is 11.3. The van der Waals surface area contributed by atoms with Crippen LogP contribution in [0.2, 0.25) is 0 Å². The quantitative estimate of drug-likeness (QED) is 0.381. The average Bonchev–Trinajstić information content (AvgIpc) is 3.15. The van der Waals surface area contributed by atoms with E-state index in [4.69, 9.17) is 10.8 Å². The van der Waals surface area contributed by atoms with Crippen molar-refractivity contribution >= 4 is 27.6 Å². The highest BCUT2D eigenvalue weighted by Gasteiger charge is 2.18. The molecule has 1 atom stereocenters. The van der Waals surface area contributed by atoms with Crippen molar-refractivity contribution in [2.75, 3.05) is 5.73 Å². The number of nitrogens with two attached hydrogens (primary N) is 1. The van der Waals surface area contributed by atoms with Gasteiger partial charge in [-0.3, -0.25) is 0 Å². The largest absolute Gasteiger partial charge is 0.383 e. The monoisotopic (exact) mass is 417 g/mol. The van der Waals surface area contributed by atoms with E-state index in [-0.39, 0.29) is 6.04 Å².